The van der Waals surface area contributed by atoms with Crippen LogP contribution >= 0.6 is 0 Å². The largest absolute Gasteiger partial charge is 0.283 e. The quantitative estimate of drug-likeness (QED) is 0.701. The predicted octanol–water partition coefficient (Wildman–Crippen LogP) is 1.76. The Bertz CT molecular complexity index is 497. The van der Waals surface area contributed by atoms with Crippen LogP contribution in [0.2, 0.25) is 0 Å². The van der Waals surface area contributed by atoms with E-state index in [-0.39, 0.29) is 0 Å². The zero-order valence-electron chi connectivity index (χ0n) is 8.60. The molecule has 0 aliphatic heterocycles. The molecule has 2 aromatic rings. The van der Waals surface area contributed by atoms with Crippen LogP contribution < -0.4 is 0 Å². The van der Waals surface area contributed by atoms with Gasteiger partial charge in [0.1, 0.15) is 11.6 Å². The van der Waals surface area contributed by atoms with Crippen LogP contribution in [-0.4, -0.2) is 14.8 Å². The summed E-state index contributed by atoms with van der Waals surface area (Å²) in [5, 5.41) is 16.7. The minimum atomic E-state index is 0.655. The van der Waals surface area contributed by atoms with Gasteiger partial charge in [0.2, 0.25) is 0 Å². The Kier molecular flexibility index (Phi) is 2.22. The number of rotatable bonds is 1. The summed E-state index contributed by atoms with van der Waals surface area (Å²) in [6.07, 6.45) is 0. The Labute approximate surface area is 87.8 Å². The van der Waals surface area contributed by atoms with E-state index in [9.17, 15) is 0 Å². The highest BCUT2D eigenvalue weighted by atomic mass is 15.3. The number of nitrogens with zero attached hydrogens (tertiary/aromatic N) is 4. The molecule has 0 N–H and O–H groups in total. The molecule has 1 aromatic carbocycles. The van der Waals surface area contributed by atoms with Crippen molar-refractivity contribution in [3.8, 4) is 11.8 Å². The van der Waals surface area contributed by atoms with E-state index in [2.05, 4.69) is 16.3 Å². The number of benzene rings is 1. The number of nitriles is 1. The summed E-state index contributed by atoms with van der Waals surface area (Å²) in [5.41, 5.74) is 1.64. The maximum absolute atomic E-state index is 8.69. The standard InChI is InChI=1S/C11H10N4/c1-8-13-14-9(2)15(8)11-5-3-10(7-12)4-6-11/h3-6H,1-2H3. The molecule has 2 rings (SSSR count). The van der Waals surface area contributed by atoms with Gasteiger partial charge >= 0.3 is 0 Å². The summed E-state index contributed by atoms with van der Waals surface area (Å²) >= 11 is 0. The summed E-state index contributed by atoms with van der Waals surface area (Å²) < 4.78 is 1.95. The fourth-order valence-corrected chi connectivity index (χ4v) is 1.53. The van der Waals surface area contributed by atoms with E-state index < -0.39 is 0 Å². The topological polar surface area (TPSA) is 54.5 Å². The third-order valence-electron chi connectivity index (χ3n) is 2.24. The molecule has 0 bridgehead atoms. The molecule has 1 heterocycles. The number of hydrogen-bond donors (Lipinski definition) is 0. The molecule has 1 aromatic heterocycles. The minimum Gasteiger partial charge on any atom is -0.283 e. The van der Waals surface area contributed by atoms with Crippen molar-refractivity contribution in [3.63, 3.8) is 0 Å². The lowest BCUT2D eigenvalue weighted by atomic mass is 10.2. The van der Waals surface area contributed by atoms with Crippen LogP contribution in [0.1, 0.15) is 17.2 Å². The number of aromatic nitrogens is 3. The van der Waals surface area contributed by atoms with Gasteiger partial charge in [0.25, 0.3) is 0 Å². The molecule has 0 spiro atoms. The van der Waals surface area contributed by atoms with E-state index >= 15 is 0 Å². The molecule has 0 aliphatic rings. The molecule has 0 unspecified atom stereocenters. The molecule has 0 fully saturated rings. The molecule has 0 saturated heterocycles. The van der Waals surface area contributed by atoms with Gasteiger partial charge in [-0.1, -0.05) is 0 Å². The summed E-state index contributed by atoms with van der Waals surface area (Å²) in [4.78, 5) is 0. The molecule has 0 aliphatic carbocycles. The van der Waals surface area contributed by atoms with E-state index in [0.29, 0.717) is 5.56 Å². The number of aryl methyl sites for hydroxylation is 2. The van der Waals surface area contributed by atoms with Gasteiger partial charge in [-0.2, -0.15) is 5.26 Å². The minimum absolute atomic E-state index is 0.655. The Hall–Kier alpha value is -2.15. The first-order chi connectivity index (χ1) is 7.22. The van der Waals surface area contributed by atoms with Crippen molar-refractivity contribution in [1.29, 1.82) is 5.26 Å². The molecule has 0 amide bonds. The van der Waals surface area contributed by atoms with E-state index in [1.807, 2.05) is 30.5 Å². The maximum Gasteiger partial charge on any atom is 0.134 e. The van der Waals surface area contributed by atoms with Gasteiger partial charge in [0.05, 0.1) is 11.6 Å². The van der Waals surface area contributed by atoms with Gasteiger partial charge in [-0.05, 0) is 38.1 Å². The second-order valence-electron chi connectivity index (χ2n) is 3.29. The van der Waals surface area contributed by atoms with Crippen molar-refractivity contribution in [2.45, 2.75) is 13.8 Å². The Morgan fingerprint density at radius 2 is 1.60 bits per heavy atom. The molecular weight excluding hydrogens is 188 g/mol. The lowest BCUT2D eigenvalue weighted by molar-refractivity contribution is 0.937. The summed E-state index contributed by atoms with van der Waals surface area (Å²) in [7, 11) is 0. The second-order valence-corrected chi connectivity index (χ2v) is 3.29. The van der Waals surface area contributed by atoms with Gasteiger partial charge in [0.15, 0.2) is 0 Å². The van der Waals surface area contributed by atoms with Crippen molar-refractivity contribution in [2.24, 2.45) is 0 Å². The molecular formula is C11H10N4. The van der Waals surface area contributed by atoms with Crippen LogP contribution in [0, 0.1) is 25.2 Å². The number of hydrogen-bond acceptors (Lipinski definition) is 3. The van der Waals surface area contributed by atoms with Gasteiger partial charge < -0.3 is 0 Å². The molecule has 4 nitrogen and oxygen atoms in total. The zero-order valence-corrected chi connectivity index (χ0v) is 8.60. The first-order valence-electron chi connectivity index (χ1n) is 4.61. The van der Waals surface area contributed by atoms with Crippen LogP contribution in [0.4, 0.5) is 0 Å². The predicted molar refractivity (Wildman–Crippen MR) is 55.5 cm³/mol. The van der Waals surface area contributed by atoms with E-state index in [1.54, 1.807) is 12.1 Å². The van der Waals surface area contributed by atoms with Crippen molar-refractivity contribution in [3.05, 3.63) is 41.5 Å². The summed E-state index contributed by atoms with van der Waals surface area (Å²) in [6.45, 7) is 3.80. The highest BCUT2D eigenvalue weighted by Crippen LogP contribution is 2.12. The summed E-state index contributed by atoms with van der Waals surface area (Å²) in [6, 6.07) is 9.44. The van der Waals surface area contributed by atoms with Crippen LogP contribution in [0.3, 0.4) is 0 Å². The van der Waals surface area contributed by atoms with E-state index in [4.69, 9.17) is 5.26 Å². The Morgan fingerprint density at radius 1 is 1.07 bits per heavy atom. The van der Waals surface area contributed by atoms with E-state index in [1.165, 1.54) is 0 Å². The Morgan fingerprint density at radius 3 is 2.07 bits per heavy atom. The van der Waals surface area contributed by atoms with Crippen molar-refractivity contribution >= 4 is 0 Å². The zero-order chi connectivity index (χ0) is 10.8. The lowest BCUT2D eigenvalue weighted by Gasteiger charge is -2.05. The fraction of sp³-hybridized carbons (Fsp3) is 0.182. The first kappa shape index (κ1) is 9.41. The monoisotopic (exact) mass is 198 g/mol. The molecule has 4 heteroatoms. The van der Waals surface area contributed by atoms with Gasteiger partial charge in [0, 0.05) is 5.69 Å². The van der Waals surface area contributed by atoms with Gasteiger partial charge in [-0.15, -0.1) is 10.2 Å². The van der Waals surface area contributed by atoms with Crippen molar-refractivity contribution < 1.29 is 0 Å². The normalized spacial score (nSPS) is 9.93. The highest BCUT2D eigenvalue weighted by molar-refractivity contribution is 5.40. The van der Waals surface area contributed by atoms with Gasteiger partial charge in [-0.25, -0.2) is 0 Å². The SMILES string of the molecule is Cc1nnc(C)n1-c1ccc(C#N)cc1. The van der Waals surface area contributed by atoms with E-state index in [0.717, 1.165) is 17.3 Å². The lowest BCUT2D eigenvalue weighted by Crippen LogP contribution is -1.99. The first-order valence-corrected chi connectivity index (χ1v) is 4.61. The average molecular weight is 198 g/mol. The maximum atomic E-state index is 8.69. The molecule has 0 radical (unpaired) electrons. The van der Waals surface area contributed by atoms with Crippen LogP contribution in [-0.2, 0) is 0 Å². The van der Waals surface area contributed by atoms with Gasteiger partial charge in [-0.3, -0.25) is 4.57 Å². The smallest absolute Gasteiger partial charge is 0.134 e. The second kappa shape index (κ2) is 3.54. The van der Waals surface area contributed by atoms with Crippen molar-refractivity contribution in [1.82, 2.24) is 14.8 Å². The molecule has 0 saturated carbocycles. The molecule has 15 heavy (non-hydrogen) atoms. The summed E-state index contributed by atoms with van der Waals surface area (Å²) in [5.74, 6) is 1.69. The van der Waals surface area contributed by atoms with Crippen LogP contribution in [0.5, 0.6) is 0 Å². The highest BCUT2D eigenvalue weighted by Gasteiger charge is 2.05. The van der Waals surface area contributed by atoms with Crippen LogP contribution in [0.25, 0.3) is 5.69 Å². The fourth-order valence-electron chi connectivity index (χ4n) is 1.53. The Balaban J connectivity index is 2.51. The molecule has 0 atom stereocenters. The third-order valence-corrected chi connectivity index (χ3v) is 2.24. The molecule has 74 valence electrons. The van der Waals surface area contributed by atoms with Crippen molar-refractivity contribution in [2.75, 3.05) is 0 Å². The third kappa shape index (κ3) is 1.59. The van der Waals surface area contributed by atoms with Crippen LogP contribution in [0.15, 0.2) is 24.3 Å². The average Bonchev–Trinajstić information content (AvgIpc) is 2.59.